The van der Waals surface area contributed by atoms with Crippen LogP contribution < -0.4 is 0 Å². The Hall–Kier alpha value is -1.24. The molecule has 0 aliphatic heterocycles. The molecule has 0 aliphatic carbocycles. The summed E-state index contributed by atoms with van der Waals surface area (Å²) < 4.78 is 0. The zero-order valence-electron chi connectivity index (χ0n) is 9.96. The molecular weight excluding hydrogens is 182 g/mol. The van der Waals surface area contributed by atoms with E-state index in [4.69, 9.17) is 0 Å². The molecule has 0 fully saturated rings. The van der Waals surface area contributed by atoms with Crippen LogP contribution in [-0.4, -0.2) is 4.98 Å². The van der Waals surface area contributed by atoms with Crippen LogP contribution in [-0.2, 0) is 0 Å². The van der Waals surface area contributed by atoms with Crippen molar-refractivity contribution in [2.24, 2.45) is 0 Å². The van der Waals surface area contributed by atoms with Crippen LogP contribution in [0.1, 0.15) is 50.7 Å². The minimum atomic E-state index is 0.585. The Bertz CT molecular complexity index is 463. The van der Waals surface area contributed by atoms with E-state index in [0.29, 0.717) is 11.8 Å². The molecule has 2 rings (SSSR count). The summed E-state index contributed by atoms with van der Waals surface area (Å²) in [4.78, 5) is 3.28. The smallest absolute Gasteiger partial charge is 0.0457 e. The standard InChI is InChI=1S/C14H19N/c1-9(2)11-5-6-13-12(7-8-15-13)14(11)10(3)4/h5-10,15H,1-4H3. The van der Waals surface area contributed by atoms with Gasteiger partial charge in [-0.1, -0.05) is 33.8 Å². The van der Waals surface area contributed by atoms with Gasteiger partial charge in [-0.15, -0.1) is 0 Å². The third-order valence-corrected chi connectivity index (χ3v) is 3.01. The molecule has 1 N–H and O–H groups in total. The molecule has 0 atom stereocenters. The third-order valence-electron chi connectivity index (χ3n) is 3.01. The van der Waals surface area contributed by atoms with E-state index in [0.717, 1.165) is 0 Å². The van der Waals surface area contributed by atoms with Crippen molar-refractivity contribution in [3.8, 4) is 0 Å². The van der Waals surface area contributed by atoms with Crippen LogP contribution in [0.5, 0.6) is 0 Å². The molecule has 0 unspecified atom stereocenters. The van der Waals surface area contributed by atoms with E-state index < -0.39 is 0 Å². The highest BCUT2D eigenvalue weighted by Gasteiger charge is 2.13. The number of H-pyrrole nitrogens is 1. The Balaban J connectivity index is 2.75. The maximum Gasteiger partial charge on any atom is 0.0457 e. The molecular formula is C14H19N. The predicted octanol–water partition coefficient (Wildman–Crippen LogP) is 4.41. The minimum Gasteiger partial charge on any atom is -0.361 e. The lowest BCUT2D eigenvalue weighted by Gasteiger charge is -2.17. The lowest BCUT2D eigenvalue weighted by molar-refractivity contribution is 0.798. The van der Waals surface area contributed by atoms with Crippen molar-refractivity contribution in [3.05, 3.63) is 35.5 Å². The summed E-state index contributed by atoms with van der Waals surface area (Å²) >= 11 is 0. The first-order chi connectivity index (χ1) is 7.11. The van der Waals surface area contributed by atoms with E-state index in [9.17, 15) is 0 Å². The lowest BCUT2D eigenvalue weighted by atomic mass is 9.88. The Kier molecular flexibility index (Phi) is 2.56. The zero-order valence-corrected chi connectivity index (χ0v) is 9.96. The highest BCUT2D eigenvalue weighted by molar-refractivity contribution is 5.84. The highest BCUT2D eigenvalue weighted by Crippen LogP contribution is 2.32. The molecule has 15 heavy (non-hydrogen) atoms. The van der Waals surface area contributed by atoms with Gasteiger partial charge in [0.2, 0.25) is 0 Å². The summed E-state index contributed by atoms with van der Waals surface area (Å²) in [5.41, 5.74) is 4.24. The van der Waals surface area contributed by atoms with E-state index >= 15 is 0 Å². The number of benzene rings is 1. The van der Waals surface area contributed by atoms with Gasteiger partial charge in [0, 0.05) is 17.1 Å². The first kappa shape index (κ1) is 10.3. The molecule has 2 aromatic rings. The van der Waals surface area contributed by atoms with Gasteiger partial charge in [-0.05, 0) is 35.1 Å². The summed E-state index contributed by atoms with van der Waals surface area (Å²) in [6.07, 6.45) is 2.03. The summed E-state index contributed by atoms with van der Waals surface area (Å²) in [5, 5.41) is 1.39. The fourth-order valence-electron chi connectivity index (χ4n) is 2.32. The minimum absolute atomic E-state index is 0.585. The van der Waals surface area contributed by atoms with Crippen LogP contribution in [0.25, 0.3) is 10.9 Å². The SMILES string of the molecule is CC(C)c1ccc2[nH]ccc2c1C(C)C. The Morgan fingerprint density at radius 2 is 1.67 bits per heavy atom. The van der Waals surface area contributed by atoms with Crippen LogP contribution in [0, 0.1) is 0 Å². The van der Waals surface area contributed by atoms with E-state index in [1.807, 2.05) is 6.20 Å². The highest BCUT2D eigenvalue weighted by atomic mass is 14.7. The summed E-state index contributed by atoms with van der Waals surface area (Å²) in [6.45, 7) is 9.07. The maximum atomic E-state index is 3.28. The molecule has 1 aromatic carbocycles. The maximum absolute atomic E-state index is 3.28. The van der Waals surface area contributed by atoms with Crippen LogP contribution in [0.3, 0.4) is 0 Å². The molecule has 1 nitrogen and oxygen atoms in total. The second kappa shape index (κ2) is 3.73. The van der Waals surface area contributed by atoms with Crippen LogP contribution >= 0.6 is 0 Å². The van der Waals surface area contributed by atoms with Crippen molar-refractivity contribution in [2.45, 2.75) is 39.5 Å². The van der Waals surface area contributed by atoms with Gasteiger partial charge in [-0.3, -0.25) is 0 Å². The first-order valence-electron chi connectivity index (χ1n) is 5.71. The summed E-state index contributed by atoms with van der Waals surface area (Å²) in [6, 6.07) is 6.64. The molecule has 0 aliphatic rings. The normalized spacial score (nSPS) is 11.9. The topological polar surface area (TPSA) is 15.8 Å². The summed E-state index contributed by atoms with van der Waals surface area (Å²) in [5.74, 6) is 1.18. The molecule has 0 radical (unpaired) electrons. The number of aromatic nitrogens is 1. The number of nitrogens with one attached hydrogen (secondary N) is 1. The van der Waals surface area contributed by atoms with Crippen molar-refractivity contribution in [1.29, 1.82) is 0 Å². The number of hydrogen-bond acceptors (Lipinski definition) is 0. The van der Waals surface area contributed by atoms with E-state index in [1.54, 1.807) is 0 Å². The largest absolute Gasteiger partial charge is 0.361 e. The molecule has 0 bridgehead atoms. The molecule has 1 heterocycles. The zero-order chi connectivity index (χ0) is 11.0. The van der Waals surface area contributed by atoms with E-state index in [-0.39, 0.29) is 0 Å². The van der Waals surface area contributed by atoms with Gasteiger partial charge in [-0.25, -0.2) is 0 Å². The number of hydrogen-bond donors (Lipinski definition) is 1. The van der Waals surface area contributed by atoms with Gasteiger partial charge in [0.1, 0.15) is 0 Å². The fourth-order valence-corrected chi connectivity index (χ4v) is 2.32. The van der Waals surface area contributed by atoms with Crippen LogP contribution in [0.4, 0.5) is 0 Å². The van der Waals surface area contributed by atoms with Crippen molar-refractivity contribution in [1.82, 2.24) is 4.98 Å². The van der Waals surface area contributed by atoms with Gasteiger partial charge in [-0.2, -0.15) is 0 Å². The summed E-state index contributed by atoms with van der Waals surface area (Å²) in [7, 11) is 0. The molecule has 0 spiro atoms. The Morgan fingerprint density at radius 1 is 0.933 bits per heavy atom. The quantitative estimate of drug-likeness (QED) is 0.740. The van der Waals surface area contributed by atoms with Crippen molar-refractivity contribution in [2.75, 3.05) is 0 Å². The second-order valence-electron chi connectivity index (χ2n) is 4.82. The van der Waals surface area contributed by atoms with Gasteiger partial charge < -0.3 is 4.98 Å². The van der Waals surface area contributed by atoms with Crippen molar-refractivity contribution in [3.63, 3.8) is 0 Å². The number of fused-ring (bicyclic) bond motifs is 1. The Morgan fingerprint density at radius 3 is 2.27 bits per heavy atom. The first-order valence-corrected chi connectivity index (χ1v) is 5.71. The van der Waals surface area contributed by atoms with Crippen molar-refractivity contribution < 1.29 is 0 Å². The fraction of sp³-hybridized carbons (Fsp3) is 0.429. The Labute approximate surface area is 91.5 Å². The average molecular weight is 201 g/mol. The van der Waals surface area contributed by atoms with Gasteiger partial charge >= 0.3 is 0 Å². The molecule has 1 aromatic heterocycles. The molecule has 0 saturated heterocycles. The number of aromatic amines is 1. The average Bonchev–Trinajstić information content (AvgIpc) is 2.62. The molecule has 1 heteroatoms. The second-order valence-corrected chi connectivity index (χ2v) is 4.82. The van der Waals surface area contributed by atoms with E-state index in [1.165, 1.54) is 22.0 Å². The molecule has 0 amide bonds. The lowest BCUT2D eigenvalue weighted by Crippen LogP contribution is -1.98. The monoisotopic (exact) mass is 201 g/mol. The van der Waals surface area contributed by atoms with E-state index in [2.05, 4.69) is 50.9 Å². The third kappa shape index (κ3) is 1.67. The predicted molar refractivity (Wildman–Crippen MR) is 66.5 cm³/mol. The molecule has 0 saturated carbocycles. The van der Waals surface area contributed by atoms with Crippen LogP contribution in [0.15, 0.2) is 24.4 Å². The van der Waals surface area contributed by atoms with Gasteiger partial charge in [0.05, 0.1) is 0 Å². The van der Waals surface area contributed by atoms with Crippen LogP contribution in [0.2, 0.25) is 0 Å². The van der Waals surface area contributed by atoms with Gasteiger partial charge in [0.15, 0.2) is 0 Å². The van der Waals surface area contributed by atoms with Crippen molar-refractivity contribution >= 4 is 10.9 Å². The van der Waals surface area contributed by atoms with Gasteiger partial charge in [0.25, 0.3) is 0 Å². The molecule has 80 valence electrons. The number of rotatable bonds is 2.